The van der Waals surface area contributed by atoms with Crippen LogP contribution >= 0.6 is 11.8 Å². The summed E-state index contributed by atoms with van der Waals surface area (Å²) < 4.78 is 11.0. The Morgan fingerprint density at radius 3 is 2.75 bits per heavy atom. The average molecular weight is 343 g/mol. The van der Waals surface area contributed by atoms with Gasteiger partial charge in [0.2, 0.25) is 5.91 Å². The van der Waals surface area contributed by atoms with Crippen molar-refractivity contribution in [1.82, 2.24) is 5.32 Å². The van der Waals surface area contributed by atoms with Crippen LogP contribution in [-0.2, 0) is 17.1 Å². The first-order valence-electron chi connectivity index (χ1n) is 7.99. The van der Waals surface area contributed by atoms with Gasteiger partial charge in [-0.3, -0.25) is 4.79 Å². The van der Waals surface area contributed by atoms with Crippen LogP contribution in [-0.4, -0.2) is 24.9 Å². The molecule has 0 spiro atoms. The van der Waals surface area contributed by atoms with Crippen molar-refractivity contribution in [2.75, 3.05) is 19.0 Å². The molecule has 0 saturated carbocycles. The van der Waals surface area contributed by atoms with Gasteiger partial charge in [-0.15, -0.1) is 11.8 Å². The molecule has 5 heteroatoms. The monoisotopic (exact) mass is 343 g/mol. The summed E-state index contributed by atoms with van der Waals surface area (Å²) in [5.74, 6) is 2.87. The van der Waals surface area contributed by atoms with Gasteiger partial charge in [-0.05, 0) is 30.2 Å². The average Bonchev–Trinajstić information content (AvgIpc) is 2.60. The van der Waals surface area contributed by atoms with Crippen LogP contribution in [0.5, 0.6) is 11.5 Å². The molecule has 4 nitrogen and oxygen atoms in total. The zero-order valence-electron chi connectivity index (χ0n) is 13.7. The van der Waals surface area contributed by atoms with Crippen LogP contribution in [0.3, 0.4) is 0 Å². The van der Waals surface area contributed by atoms with Crippen molar-refractivity contribution >= 4 is 17.7 Å². The molecule has 0 unspecified atom stereocenters. The van der Waals surface area contributed by atoms with E-state index in [1.54, 1.807) is 11.8 Å². The molecule has 1 amide bonds. The van der Waals surface area contributed by atoms with E-state index in [0.717, 1.165) is 22.8 Å². The van der Waals surface area contributed by atoms with Crippen LogP contribution < -0.4 is 14.8 Å². The van der Waals surface area contributed by atoms with Crippen molar-refractivity contribution in [1.29, 1.82) is 0 Å². The zero-order chi connectivity index (χ0) is 16.8. The Labute approximate surface area is 146 Å². The van der Waals surface area contributed by atoms with Crippen LogP contribution in [0.2, 0.25) is 0 Å². The van der Waals surface area contributed by atoms with Gasteiger partial charge in [0.15, 0.2) is 11.5 Å². The van der Waals surface area contributed by atoms with E-state index in [4.69, 9.17) is 9.47 Å². The van der Waals surface area contributed by atoms with Crippen molar-refractivity contribution in [3.63, 3.8) is 0 Å². The van der Waals surface area contributed by atoms with Gasteiger partial charge in [-0.25, -0.2) is 0 Å². The third-order valence-corrected chi connectivity index (χ3v) is 4.68. The first-order valence-corrected chi connectivity index (χ1v) is 9.15. The van der Waals surface area contributed by atoms with Crippen molar-refractivity contribution < 1.29 is 14.3 Å². The minimum Gasteiger partial charge on any atom is -0.486 e. The Morgan fingerprint density at radius 2 is 1.92 bits per heavy atom. The minimum absolute atomic E-state index is 0.0440. The van der Waals surface area contributed by atoms with Crippen LogP contribution in [0.4, 0.5) is 0 Å². The maximum Gasteiger partial charge on any atom is 0.230 e. The molecule has 3 rings (SSSR count). The highest BCUT2D eigenvalue weighted by Gasteiger charge is 2.12. The number of carbonyl (C=O) groups is 1. The van der Waals surface area contributed by atoms with Crippen molar-refractivity contribution in [2.24, 2.45) is 0 Å². The molecule has 2 aromatic carbocycles. The van der Waals surface area contributed by atoms with E-state index in [9.17, 15) is 4.79 Å². The van der Waals surface area contributed by atoms with E-state index in [-0.39, 0.29) is 5.91 Å². The quantitative estimate of drug-likeness (QED) is 0.874. The molecular formula is C19H21NO3S. The van der Waals surface area contributed by atoms with Gasteiger partial charge in [-0.1, -0.05) is 35.9 Å². The van der Waals surface area contributed by atoms with E-state index in [1.807, 2.05) is 24.3 Å². The number of thioether (sulfide) groups is 1. The number of hydrogen-bond acceptors (Lipinski definition) is 4. The van der Waals surface area contributed by atoms with Gasteiger partial charge in [0.25, 0.3) is 0 Å². The number of nitrogens with one attached hydrogen (secondary N) is 1. The molecule has 1 aliphatic rings. The molecule has 0 aliphatic carbocycles. The third kappa shape index (κ3) is 4.68. The molecule has 0 saturated heterocycles. The van der Waals surface area contributed by atoms with E-state index in [0.29, 0.717) is 25.5 Å². The number of amides is 1. The molecule has 1 N–H and O–H groups in total. The first kappa shape index (κ1) is 16.7. The maximum absolute atomic E-state index is 12.0. The Kier molecular flexibility index (Phi) is 5.64. The van der Waals surface area contributed by atoms with E-state index in [1.165, 1.54) is 11.1 Å². The molecule has 1 heterocycles. The Balaban J connectivity index is 1.42. The summed E-state index contributed by atoms with van der Waals surface area (Å²) in [7, 11) is 0. The minimum atomic E-state index is 0.0440. The second kappa shape index (κ2) is 8.11. The molecular weight excluding hydrogens is 322 g/mol. The molecule has 0 radical (unpaired) electrons. The van der Waals surface area contributed by atoms with Crippen LogP contribution in [0.1, 0.15) is 16.7 Å². The predicted octanol–water partition coefficient (Wildman–Crippen LogP) is 3.32. The lowest BCUT2D eigenvalue weighted by molar-refractivity contribution is -0.118. The number of aryl methyl sites for hydroxylation is 1. The number of hydrogen-bond donors (Lipinski definition) is 1. The maximum atomic E-state index is 12.0. The van der Waals surface area contributed by atoms with Crippen molar-refractivity contribution in [3.8, 4) is 11.5 Å². The number of fused-ring (bicyclic) bond motifs is 1. The number of carbonyl (C=O) groups excluding carboxylic acids is 1. The SMILES string of the molecule is Cc1cccc(CSCC(=O)NCc2ccc3c(c2)OCCO3)c1. The normalized spacial score (nSPS) is 12.7. The van der Waals surface area contributed by atoms with E-state index >= 15 is 0 Å². The largest absolute Gasteiger partial charge is 0.486 e. The lowest BCUT2D eigenvalue weighted by Crippen LogP contribution is -2.24. The molecule has 0 atom stereocenters. The highest BCUT2D eigenvalue weighted by molar-refractivity contribution is 7.99. The Bertz CT molecular complexity index is 718. The standard InChI is InChI=1S/C19H21NO3S/c1-14-3-2-4-16(9-14)12-24-13-19(21)20-11-15-5-6-17-18(10-15)23-8-7-22-17/h2-6,9-10H,7-8,11-13H2,1H3,(H,20,21). The van der Waals surface area contributed by atoms with E-state index < -0.39 is 0 Å². The fraction of sp³-hybridized carbons (Fsp3) is 0.316. The Hall–Kier alpha value is -2.14. The van der Waals surface area contributed by atoms with Gasteiger partial charge in [0.05, 0.1) is 5.75 Å². The molecule has 0 bridgehead atoms. The summed E-state index contributed by atoms with van der Waals surface area (Å²) in [5.41, 5.74) is 3.51. The van der Waals surface area contributed by atoms with Crippen molar-refractivity contribution in [3.05, 3.63) is 59.2 Å². The lowest BCUT2D eigenvalue weighted by atomic mass is 10.2. The fourth-order valence-electron chi connectivity index (χ4n) is 2.51. The number of benzene rings is 2. The highest BCUT2D eigenvalue weighted by Crippen LogP contribution is 2.30. The molecule has 2 aromatic rings. The molecule has 0 aromatic heterocycles. The lowest BCUT2D eigenvalue weighted by Gasteiger charge is -2.19. The van der Waals surface area contributed by atoms with Crippen LogP contribution in [0, 0.1) is 6.92 Å². The van der Waals surface area contributed by atoms with Gasteiger partial charge in [0.1, 0.15) is 13.2 Å². The van der Waals surface area contributed by atoms with Crippen LogP contribution in [0.25, 0.3) is 0 Å². The predicted molar refractivity (Wildman–Crippen MR) is 96.6 cm³/mol. The summed E-state index contributed by atoms with van der Waals surface area (Å²) in [5, 5.41) is 2.95. The molecule has 126 valence electrons. The van der Waals surface area contributed by atoms with Gasteiger partial charge < -0.3 is 14.8 Å². The van der Waals surface area contributed by atoms with Gasteiger partial charge >= 0.3 is 0 Å². The zero-order valence-corrected chi connectivity index (χ0v) is 14.5. The summed E-state index contributed by atoms with van der Waals surface area (Å²) >= 11 is 1.62. The summed E-state index contributed by atoms with van der Waals surface area (Å²) in [6.07, 6.45) is 0. The summed E-state index contributed by atoms with van der Waals surface area (Å²) in [6, 6.07) is 14.1. The first-order chi connectivity index (χ1) is 11.7. The smallest absolute Gasteiger partial charge is 0.230 e. The van der Waals surface area contributed by atoms with Gasteiger partial charge in [0, 0.05) is 12.3 Å². The van der Waals surface area contributed by atoms with Gasteiger partial charge in [-0.2, -0.15) is 0 Å². The van der Waals surface area contributed by atoms with Crippen molar-refractivity contribution in [2.45, 2.75) is 19.2 Å². The Morgan fingerprint density at radius 1 is 1.08 bits per heavy atom. The fourth-order valence-corrected chi connectivity index (χ4v) is 3.32. The molecule has 24 heavy (non-hydrogen) atoms. The highest BCUT2D eigenvalue weighted by atomic mass is 32.2. The molecule has 1 aliphatic heterocycles. The van der Waals surface area contributed by atoms with Crippen LogP contribution in [0.15, 0.2) is 42.5 Å². The summed E-state index contributed by atoms with van der Waals surface area (Å²) in [4.78, 5) is 12.0. The second-order valence-electron chi connectivity index (χ2n) is 5.74. The second-order valence-corrected chi connectivity index (χ2v) is 6.72. The van der Waals surface area contributed by atoms with E-state index in [2.05, 4.69) is 30.4 Å². The molecule has 0 fully saturated rings. The number of ether oxygens (including phenoxy) is 2. The number of rotatable bonds is 6. The summed E-state index contributed by atoms with van der Waals surface area (Å²) in [6.45, 7) is 3.73. The topological polar surface area (TPSA) is 47.6 Å². The third-order valence-electron chi connectivity index (χ3n) is 3.68.